The van der Waals surface area contributed by atoms with Gasteiger partial charge in [0.05, 0.1) is 6.10 Å². The number of nitrogens with one attached hydrogen (secondary N) is 1. The Morgan fingerprint density at radius 1 is 1.10 bits per heavy atom. The molecule has 2 heterocycles. The van der Waals surface area contributed by atoms with Crippen LogP contribution in [0.4, 0.5) is 0 Å². The van der Waals surface area contributed by atoms with Crippen molar-refractivity contribution in [2.45, 2.75) is 25.6 Å². The number of furan rings is 1. The second kappa shape index (κ2) is 9.11. The number of aliphatic hydroxyl groups excluding tert-OH is 1. The average Bonchev–Trinajstić information content (AvgIpc) is 3.25. The topological polar surface area (TPSA) is 80.9 Å². The summed E-state index contributed by atoms with van der Waals surface area (Å²) in [5.41, 5.74) is 0. The summed E-state index contributed by atoms with van der Waals surface area (Å²) >= 11 is 0. The Labute approximate surface area is 169 Å². The molecule has 1 amide bonds. The van der Waals surface area contributed by atoms with E-state index in [0.717, 1.165) is 29.4 Å². The first-order chi connectivity index (χ1) is 14.2. The van der Waals surface area contributed by atoms with Crippen LogP contribution in [0.25, 0.3) is 10.8 Å². The number of rotatable bonds is 7. The maximum absolute atomic E-state index is 12.3. The zero-order valence-corrected chi connectivity index (χ0v) is 16.2. The molecular weight excluding hydrogens is 370 g/mol. The fourth-order valence-corrected chi connectivity index (χ4v) is 3.54. The third-order valence-corrected chi connectivity index (χ3v) is 5.27. The first-order valence-electron chi connectivity index (χ1n) is 9.93. The van der Waals surface area contributed by atoms with Crippen molar-refractivity contribution in [2.75, 3.05) is 19.8 Å². The largest absolute Gasteiger partial charge is 0.486 e. The molecule has 1 saturated heterocycles. The van der Waals surface area contributed by atoms with Gasteiger partial charge in [-0.25, -0.2) is 0 Å². The van der Waals surface area contributed by atoms with Crippen molar-refractivity contribution in [3.63, 3.8) is 0 Å². The van der Waals surface area contributed by atoms with Gasteiger partial charge in [0.25, 0.3) is 5.91 Å². The molecule has 1 fully saturated rings. The van der Waals surface area contributed by atoms with Crippen LogP contribution < -0.4 is 10.1 Å². The van der Waals surface area contributed by atoms with Gasteiger partial charge in [-0.2, -0.15) is 0 Å². The summed E-state index contributed by atoms with van der Waals surface area (Å²) in [4.78, 5) is 12.3. The predicted molar refractivity (Wildman–Crippen MR) is 109 cm³/mol. The molecule has 2 N–H and O–H groups in total. The molecule has 1 aliphatic heterocycles. The van der Waals surface area contributed by atoms with Crippen LogP contribution in [-0.4, -0.2) is 36.9 Å². The average molecular weight is 395 g/mol. The van der Waals surface area contributed by atoms with Crippen LogP contribution in [-0.2, 0) is 11.3 Å². The summed E-state index contributed by atoms with van der Waals surface area (Å²) in [6.07, 6.45) is 1.05. The SMILES string of the molecule is O=C(NCC(O)C1CCOCC1)c1ccc(COc2ccc3ccccc3c2)o1. The summed E-state index contributed by atoms with van der Waals surface area (Å²) in [6.45, 7) is 1.76. The summed E-state index contributed by atoms with van der Waals surface area (Å²) < 4.78 is 16.7. The lowest BCUT2D eigenvalue weighted by Gasteiger charge is -2.26. The van der Waals surface area contributed by atoms with Gasteiger partial charge in [-0.3, -0.25) is 4.79 Å². The van der Waals surface area contributed by atoms with Crippen molar-refractivity contribution in [3.05, 3.63) is 66.1 Å². The van der Waals surface area contributed by atoms with Gasteiger partial charge in [-0.1, -0.05) is 30.3 Å². The van der Waals surface area contributed by atoms with E-state index in [1.807, 2.05) is 36.4 Å². The van der Waals surface area contributed by atoms with Crippen molar-refractivity contribution in [1.29, 1.82) is 0 Å². The smallest absolute Gasteiger partial charge is 0.287 e. The number of benzene rings is 2. The number of amides is 1. The fraction of sp³-hybridized carbons (Fsp3) is 0.348. The minimum absolute atomic E-state index is 0.159. The Morgan fingerprint density at radius 3 is 2.72 bits per heavy atom. The first-order valence-corrected chi connectivity index (χ1v) is 9.93. The van der Waals surface area contributed by atoms with E-state index in [1.165, 1.54) is 0 Å². The van der Waals surface area contributed by atoms with Crippen molar-refractivity contribution in [2.24, 2.45) is 5.92 Å². The molecular formula is C23H25NO5. The standard InChI is InChI=1S/C23H25NO5/c25-21(17-9-11-27-12-10-17)14-24-23(26)22-8-7-20(29-22)15-28-19-6-5-16-3-1-2-4-18(16)13-19/h1-8,13,17,21,25H,9-12,14-15H2,(H,24,26). The highest BCUT2D eigenvalue weighted by molar-refractivity contribution is 5.91. The fourth-order valence-electron chi connectivity index (χ4n) is 3.54. The van der Waals surface area contributed by atoms with Crippen molar-refractivity contribution >= 4 is 16.7 Å². The predicted octanol–water partition coefficient (Wildman–Crippen LogP) is 3.53. The number of aliphatic hydroxyl groups is 1. The number of carbonyl (C=O) groups excluding carboxylic acids is 1. The van der Waals surface area contributed by atoms with E-state index < -0.39 is 6.10 Å². The summed E-state index contributed by atoms with van der Waals surface area (Å²) in [5.74, 6) is 1.33. The van der Waals surface area contributed by atoms with Crippen LogP contribution in [0.2, 0.25) is 0 Å². The van der Waals surface area contributed by atoms with Crippen molar-refractivity contribution in [3.8, 4) is 5.75 Å². The minimum atomic E-state index is -0.575. The maximum Gasteiger partial charge on any atom is 0.287 e. The van der Waals surface area contributed by atoms with E-state index >= 15 is 0 Å². The van der Waals surface area contributed by atoms with Gasteiger partial charge in [-0.05, 0) is 53.8 Å². The van der Waals surface area contributed by atoms with Gasteiger partial charge in [-0.15, -0.1) is 0 Å². The Bertz CT molecular complexity index is 961. The quantitative estimate of drug-likeness (QED) is 0.640. The van der Waals surface area contributed by atoms with Crippen LogP contribution in [0.5, 0.6) is 5.75 Å². The van der Waals surface area contributed by atoms with E-state index in [0.29, 0.717) is 19.0 Å². The van der Waals surface area contributed by atoms with Gasteiger partial charge < -0.3 is 24.3 Å². The molecule has 1 aliphatic rings. The Kier molecular flexibility index (Phi) is 6.12. The summed E-state index contributed by atoms with van der Waals surface area (Å²) in [6, 6.07) is 17.3. The lowest BCUT2D eigenvalue weighted by atomic mass is 9.94. The highest BCUT2D eigenvalue weighted by Crippen LogP contribution is 2.22. The van der Waals surface area contributed by atoms with Crippen LogP contribution in [0.1, 0.15) is 29.2 Å². The monoisotopic (exact) mass is 395 g/mol. The molecule has 6 nitrogen and oxygen atoms in total. The third-order valence-electron chi connectivity index (χ3n) is 5.27. The molecule has 1 unspecified atom stereocenters. The zero-order chi connectivity index (χ0) is 20.1. The molecule has 0 bridgehead atoms. The second-order valence-corrected chi connectivity index (χ2v) is 7.29. The second-order valence-electron chi connectivity index (χ2n) is 7.29. The highest BCUT2D eigenvalue weighted by Gasteiger charge is 2.23. The molecule has 0 spiro atoms. The maximum atomic E-state index is 12.3. The van der Waals surface area contributed by atoms with Crippen LogP contribution in [0.3, 0.4) is 0 Å². The molecule has 0 saturated carbocycles. The van der Waals surface area contributed by atoms with E-state index in [-0.39, 0.29) is 30.7 Å². The molecule has 3 aromatic rings. The zero-order valence-electron chi connectivity index (χ0n) is 16.2. The molecule has 29 heavy (non-hydrogen) atoms. The van der Waals surface area contributed by atoms with E-state index in [9.17, 15) is 9.90 Å². The van der Waals surface area contributed by atoms with Crippen LogP contribution in [0.15, 0.2) is 59.0 Å². The third kappa shape index (κ3) is 4.96. The van der Waals surface area contributed by atoms with Crippen LogP contribution >= 0.6 is 0 Å². The van der Waals surface area contributed by atoms with Gasteiger partial charge >= 0.3 is 0 Å². The number of ether oxygens (including phenoxy) is 2. The highest BCUT2D eigenvalue weighted by atomic mass is 16.5. The van der Waals surface area contributed by atoms with Gasteiger partial charge in [0, 0.05) is 19.8 Å². The Morgan fingerprint density at radius 2 is 1.90 bits per heavy atom. The lowest BCUT2D eigenvalue weighted by molar-refractivity contribution is 0.00862. The first kappa shape index (κ1) is 19.5. The van der Waals surface area contributed by atoms with Crippen molar-refractivity contribution < 1.29 is 23.8 Å². The van der Waals surface area contributed by atoms with E-state index in [1.54, 1.807) is 12.1 Å². The lowest BCUT2D eigenvalue weighted by Crippen LogP contribution is -2.38. The molecule has 4 rings (SSSR count). The minimum Gasteiger partial charge on any atom is -0.486 e. The molecule has 1 aromatic heterocycles. The molecule has 1 atom stereocenters. The van der Waals surface area contributed by atoms with Gasteiger partial charge in [0.2, 0.25) is 0 Å². The van der Waals surface area contributed by atoms with Gasteiger partial charge in [0.15, 0.2) is 5.76 Å². The number of fused-ring (bicyclic) bond motifs is 1. The number of hydrogen-bond acceptors (Lipinski definition) is 5. The molecule has 2 aromatic carbocycles. The van der Waals surface area contributed by atoms with Crippen LogP contribution in [0, 0.1) is 5.92 Å². The summed E-state index contributed by atoms with van der Waals surface area (Å²) in [5, 5.41) is 15.2. The molecule has 152 valence electrons. The molecule has 0 aliphatic carbocycles. The number of carbonyl (C=O) groups is 1. The summed E-state index contributed by atoms with van der Waals surface area (Å²) in [7, 11) is 0. The number of hydrogen-bond donors (Lipinski definition) is 2. The molecule has 6 heteroatoms. The van der Waals surface area contributed by atoms with Crippen molar-refractivity contribution in [1.82, 2.24) is 5.32 Å². The van der Waals surface area contributed by atoms with Gasteiger partial charge in [0.1, 0.15) is 18.1 Å². The molecule has 0 radical (unpaired) electrons. The van der Waals surface area contributed by atoms with E-state index in [4.69, 9.17) is 13.9 Å². The van der Waals surface area contributed by atoms with E-state index in [2.05, 4.69) is 11.4 Å². The Balaban J connectivity index is 1.28. The normalized spacial score (nSPS) is 15.9. The Hall–Kier alpha value is -2.83.